The van der Waals surface area contributed by atoms with Crippen LogP contribution in [0.15, 0.2) is 59.6 Å². The molecule has 0 amide bonds. The Bertz CT molecular complexity index is 836. The van der Waals surface area contributed by atoms with E-state index in [1.807, 2.05) is 42.5 Å². The van der Waals surface area contributed by atoms with Gasteiger partial charge >= 0.3 is 6.18 Å². The fourth-order valence-corrected chi connectivity index (χ4v) is 3.22. The fourth-order valence-electron chi connectivity index (χ4n) is 3.22. The molecule has 1 aliphatic heterocycles. The molecule has 1 unspecified atom stereocenters. The molecule has 0 aromatic heterocycles. The Morgan fingerprint density at radius 1 is 1.11 bits per heavy atom. The number of benzene rings is 2. The molecule has 2 N–H and O–H groups in total. The Balaban J connectivity index is 2.03. The van der Waals surface area contributed by atoms with Crippen LogP contribution in [0.2, 0.25) is 0 Å². The minimum atomic E-state index is -4.25. The Morgan fingerprint density at radius 3 is 2.44 bits per heavy atom. The summed E-state index contributed by atoms with van der Waals surface area (Å²) in [5.74, 6) is 0. The summed E-state index contributed by atoms with van der Waals surface area (Å²) >= 11 is 0. The highest BCUT2D eigenvalue weighted by molar-refractivity contribution is 6.16. The highest BCUT2D eigenvalue weighted by atomic mass is 19.4. The Hall–Kier alpha value is -2.67. The van der Waals surface area contributed by atoms with E-state index in [4.69, 9.17) is 5.73 Å². The van der Waals surface area contributed by atoms with Crippen LogP contribution in [0.25, 0.3) is 0 Å². The molecule has 27 heavy (non-hydrogen) atoms. The van der Waals surface area contributed by atoms with E-state index in [2.05, 4.69) is 4.99 Å². The molecule has 0 fully saturated rings. The molecule has 0 spiro atoms. The lowest BCUT2D eigenvalue weighted by Gasteiger charge is -2.37. The lowest BCUT2D eigenvalue weighted by molar-refractivity contribution is -0.135. The monoisotopic (exact) mass is 375 g/mol. The normalized spacial score (nSPS) is 19.9. The second kappa shape index (κ2) is 7.52. The van der Waals surface area contributed by atoms with Crippen LogP contribution < -0.4 is 10.6 Å². The largest absolute Gasteiger partial charge is 0.389 e. The number of hydrogen-bond donors (Lipinski definition) is 1. The van der Waals surface area contributed by atoms with Gasteiger partial charge in [0, 0.05) is 29.8 Å². The van der Waals surface area contributed by atoms with Crippen LogP contribution in [0, 0.1) is 0 Å². The molecular weight excluding hydrogens is 355 g/mol. The van der Waals surface area contributed by atoms with Gasteiger partial charge in [0.15, 0.2) is 11.9 Å². The number of carbonyl (C=O) groups excluding carboxylic acids is 1. The number of para-hydroxylation sites is 1. The van der Waals surface area contributed by atoms with E-state index in [1.54, 1.807) is 17.0 Å². The summed E-state index contributed by atoms with van der Waals surface area (Å²) in [4.78, 5) is 17.9. The molecule has 142 valence electrons. The summed E-state index contributed by atoms with van der Waals surface area (Å²) < 4.78 is 37.8. The first-order chi connectivity index (χ1) is 12.8. The third kappa shape index (κ3) is 4.19. The summed E-state index contributed by atoms with van der Waals surface area (Å²) in [6.45, 7) is -0.0369. The number of nitrogens with zero attached hydrogens (tertiary/aromatic N) is 2. The van der Waals surface area contributed by atoms with Crippen LogP contribution in [0.1, 0.15) is 24.0 Å². The highest BCUT2D eigenvalue weighted by Gasteiger charge is 2.37. The lowest BCUT2D eigenvalue weighted by atomic mass is 9.99. The van der Waals surface area contributed by atoms with Gasteiger partial charge < -0.3 is 10.6 Å². The predicted octanol–water partition coefficient (Wildman–Crippen LogP) is 3.54. The fraction of sp³-hybridized carbons (Fsp3) is 0.300. The van der Waals surface area contributed by atoms with Gasteiger partial charge in [0.2, 0.25) is 0 Å². The Kier molecular flexibility index (Phi) is 5.32. The number of fused-ring (bicyclic) bond motifs is 1. The molecule has 1 heterocycles. The number of hydrogen-bond acceptors (Lipinski definition) is 4. The zero-order valence-corrected chi connectivity index (χ0v) is 14.6. The smallest absolute Gasteiger partial charge is 0.345 e. The van der Waals surface area contributed by atoms with Crippen LogP contribution >= 0.6 is 0 Å². The van der Waals surface area contributed by atoms with Gasteiger partial charge in [-0.1, -0.05) is 48.5 Å². The standard InChI is InChI=1S/C20H20F3N3O/c21-20(22,23)11-6-12-26-17-10-5-4-9-16(17)18(15-7-2-1-3-8-15)25-13-19(26,24)14-27/h1-5,7-10,14H,6,11-13,24H2. The zero-order chi connectivity index (χ0) is 19.5. The maximum Gasteiger partial charge on any atom is 0.389 e. The van der Waals surface area contributed by atoms with Crippen molar-refractivity contribution < 1.29 is 18.0 Å². The van der Waals surface area contributed by atoms with Gasteiger partial charge in [-0.3, -0.25) is 9.79 Å². The minimum Gasteiger partial charge on any atom is -0.345 e. The summed E-state index contributed by atoms with van der Waals surface area (Å²) in [5.41, 5.74) is 7.65. The van der Waals surface area contributed by atoms with Crippen LogP contribution in [-0.4, -0.2) is 36.9 Å². The van der Waals surface area contributed by atoms with Gasteiger partial charge in [0.1, 0.15) is 0 Å². The van der Waals surface area contributed by atoms with Gasteiger partial charge in [-0.2, -0.15) is 13.2 Å². The van der Waals surface area contributed by atoms with E-state index in [1.165, 1.54) is 0 Å². The van der Waals surface area contributed by atoms with E-state index in [0.717, 1.165) is 11.1 Å². The van der Waals surface area contributed by atoms with E-state index >= 15 is 0 Å². The van der Waals surface area contributed by atoms with Gasteiger partial charge in [0.05, 0.1) is 12.3 Å². The first kappa shape index (κ1) is 19.1. The SMILES string of the molecule is NC1(C=O)CN=C(c2ccccc2)c2ccccc2N1CCCC(F)(F)F. The van der Waals surface area contributed by atoms with Gasteiger partial charge in [-0.05, 0) is 12.5 Å². The molecule has 0 saturated carbocycles. The van der Waals surface area contributed by atoms with Crippen molar-refractivity contribution in [2.75, 3.05) is 18.0 Å². The van der Waals surface area contributed by atoms with Gasteiger partial charge in [-0.25, -0.2) is 0 Å². The zero-order valence-electron chi connectivity index (χ0n) is 14.6. The molecule has 0 bridgehead atoms. The molecule has 0 radical (unpaired) electrons. The number of anilines is 1. The van der Waals surface area contributed by atoms with Crippen molar-refractivity contribution in [2.24, 2.45) is 10.7 Å². The first-order valence-electron chi connectivity index (χ1n) is 8.63. The summed E-state index contributed by atoms with van der Waals surface area (Å²) in [7, 11) is 0. The van der Waals surface area contributed by atoms with Crippen LogP contribution in [0.4, 0.5) is 18.9 Å². The minimum absolute atomic E-state index is 0.00333. The third-order valence-corrected chi connectivity index (χ3v) is 4.54. The number of aliphatic imine (C=N–C) groups is 1. The van der Waals surface area contributed by atoms with Crippen LogP contribution in [0.3, 0.4) is 0 Å². The second-order valence-corrected chi connectivity index (χ2v) is 6.53. The number of rotatable bonds is 5. The first-order valence-corrected chi connectivity index (χ1v) is 8.63. The lowest BCUT2D eigenvalue weighted by Crippen LogP contribution is -2.60. The maximum absolute atomic E-state index is 12.6. The number of nitrogens with two attached hydrogens (primary N) is 1. The van der Waals surface area contributed by atoms with Crippen molar-refractivity contribution in [3.05, 3.63) is 65.7 Å². The molecule has 4 nitrogen and oxygen atoms in total. The average molecular weight is 375 g/mol. The van der Waals surface area contributed by atoms with E-state index in [9.17, 15) is 18.0 Å². The molecule has 2 aromatic rings. The van der Waals surface area contributed by atoms with Crippen molar-refractivity contribution in [3.8, 4) is 0 Å². The summed E-state index contributed by atoms with van der Waals surface area (Å²) in [6, 6.07) is 16.6. The predicted molar refractivity (Wildman–Crippen MR) is 99.0 cm³/mol. The highest BCUT2D eigenvalue weighted by Crippen LogP contribution is 2.32. The molecule has 1 atom stereocenters. The Morgan fingerprint density at radius 2 is 1.78 bits per heavy atom. The quantitative estimate of drug-likeness (QED) is 0.814. The maximum atomic E-state index is 12.6. The van der Waals surface area contributed by atoms with Crippen molar-refractivity contribution >= 4 is 17.7 Å². The van der Waals surface area contributed by atoms with Crippen molar-refractivity contribution in [1.29, 1.82) is 0 Å². The van der Waals surface area contributed by atoms with Crippen molar-refractivity contribution in [2.45, 2.75) is 24.7 Å². The Labute approximate surface area is 155 Å². The van der Waals surface area contributed by atoms with Crippen LogP contribution in [0.5, 0.6) is 0 Å². The number of alkyl halides is 3. The average Bonchev–Trinajstić information content (AvgIpc) is 2.77. The summed E-state index contributed by atoms with van der Waals surface area (Å²) in [6.07, 6.45) is -4.79. The molecule has 3 rings (SSSR count). The number of aldehydes is 1. The number of carbonyl (C=O) groups is 1. The van der Waals surface area contributed by atoms with E-state index in [-0.39, 0.29) is 19.5 Å². The third-order valence-electron chi connectivity index (χ3n) is 4.54. The molecular formula is C20H20F3N3O. The molecule has 1 aliphatic rings. The van der Waals surface area contributed by atoms with E-state index < -0.39 is 18.3 Å². The van der Waals surface area contributed by atoms with Crippen molar-refractivity contribution in [3.63, 3.8) is 0 Å². The second-order valence-electron chi connectivity index (χ2n) is 6.53. The van der Waals surface area contributed by atoms with Crippen molar-refractivity contribution in [1.82, 2.24) is 0 Å². The number of benzodiazepines with no additional fused rings is 1. The molecule has 2 aromatic carbocycles. The van der Waals surface area contributed by atoms with E-state index in [0.29, 0.717) is 17.7 Å². The summed E-state index contributed by atoms with van der Waals surface area (Å²) in [5, 5.41) is 0. The molecule has 7 heteroatoms. The van der Waals surface area contributed by atoms with Crippen LogP contribution in [-0.2, 0) is 4.79 Å². The topological polar surface area (TPSA) is 58.7 Å². The van der Waals surface area contributed by atoms with Gasteiger partial charge in [0.25, 0.3) is 0 Å². The molecule has 0 saturated heterocycles. The van der Waals surface area contributed by atoms with Gasteiger partial charge in [-0.15, -0.1) is 0 Å². The number of halogens is 3. The molecule has 0 aliphatic carbocycles.